The van der Waals surface area contributed by atoms with Crippen LogP contribution in [0.5, 0.6) is 0 Å². The summed E-state index contributed by atoms with van der Waals surface area (Å²) >= 11 is 1.42. The van der Waals surface area contributed by atoms with Crippen LogP contribution in [0.25, 0.3) is 0 Å². The van der Waals surface area contributed by atoms with Crippen molar-refractivity contribution in [1.82, 2.24) is 9.47 Å². The Hall–Kier alpha value is -1.76. The smallest absolute Gasteiger partial charge is 0.274 e. The maximum absolute atomic E-state index is 12.7. The largest absolute Gasteiger partial charge is 0.342 e. The van der Waals surface area contributed by atoms with Crippen LogP contribution in [-0.2, 0) is 16.1 Å². The molecule has 0 radical (unpaired) electrons. The van der Waals surface area contributed by atoms with Crippen molar-refractivity contribution in [3.05, 3.63) is 28.2 Å². The Kier molecular flexibility index (Phi) is 4.48. The Morgan fingerprint density at radius 2 is 2.09 bits per heavy atom. The number of hydrogen-bond acceptors (Lipinski definition) is 4. The Bertz CT molecular complexity index is 700. The maximum atomic E-state index is 12.7. The lowest BCUT2D eigenvalue weighted by Crippen LogP contribution is -2.48. The molecule has 6 nitrogen and oxygen atoms in total. The van der Waals surface area contributed by atoms with Gasteiger partial charge in [-0.25, -0.2) is 0 Å². The van der Waals surface area contributed by atoms with E-state index in [4.69, 9.17) is 0 Å². The molecule has 7 heteroatoms. The van der Waals surface area contributed by atoms with Crippen LogP contribution in [-0.4, -0.2) is 46.4 Å². The van der Waals surface area contributed by atoms with Gasteiger partial charge in [0.2, 0.25) is 11.8 Å². The van der Waals surface area contributed by atoms with Crippen molar-refractivity contribution in [2.75, 3.05) is 30.4 Å². The summed E-state index contributed by atoms with van der Waals surface area (Å²) in [5, 5.41) is 2.70. The quantitative estimate of drug-likeness (QED) is 0.898. The van der Waals surface area contributed by atoms with E-state index in [1.807, 2.05) is 17.2 Å². The topological polar surface area (TPSA) is 71.4 Å². The number of pyridine rings is 1. The van der Waals surface area contributed by atoms with Crippen LogP contribution in [0.15, 0.2) is 16.9 Å². The average Bonchev–Trinajstić information content (AvgIpc) is 2.50. The minimum atomic E-state index is -0.158. The number of likely N-dealkylation sites (tertiary alicyclic amines) is 1. The van der Waals surface area contributed by atoms with Crippen molar-refractivity contribution < 1.29 is 9.59 Å². The summed E-state index contributed by atoms with van der Waals surface area (Å²) in [5.74, 6) is 0.778. The molecule has 0 aromatic carbocycles. The first-order chi connectivity index (χ1) is 11.0. The number of rotatable bonds is 3. The summed E-state index contributed by atoms with van der Waals surface area (Å²) in [6.07, 6.45) is 2.86. The van der Waals surface area contributed by atoms with Crippen LogP contribution >= 0.6 is 11.8 Å². The molecule has 0 aliphatic carbocycles. The van der Waals surface area contributed by atoms with Crippen LogP contribution in [0.1, 0.15) is 25.0 Å². The molecule has 1 fully saturated rings. The molecular weight excluding hydrogens is 314 g/mol. The Morgan fingerprint density at radius 1 is 1.30 bits per heavy atom. The number of thioether (sulfide) groups is 1. The molecule has 1 saturated heterocycles. The summed E-state index contributed by atoms with van der Waals surface area (Å²) in [4.78, 5) is 37.9. The van der Waals surface area contributed by atoms with Crippen LogP contribution in [0.4, 0.5) is 5.69 Å². The molecule has 2 aliphatic heterocycles. The summed E-state index contributed by atoms with van der Waals surface area (Å²) < 4.78 is 1.78. The summed E-state index contributed by atoms with van der Waals surface area (Å²) in [6, 6.07) is 3.61. The van der Waals surface area contributed by atoms with Crippen molar-refractivity contribution in [3.8, 4) is 0 Å². The molecule has 1 aromatic heterocycles. The highest BCUT2D eigenvalue weighted by atomic mass is 32.2. The fourth-order valence-corrected chi connectivity index (χ4v) is 3.95. The number of piperidine rings is 1. The number of fused-ring (bicyclic) bond motifs is 4. The number of nitrogens with one attached hydrogen (secondary N) is 1. The third-order valence-corrected chi connectivity index (χ3v) is 5.15. The zero-order valence-electron chi connectivity index (χ0n) is 13.4. The van der Waals surface area contributed by atoms with E-state index in [9.17, 15) is 14.4 Å². The second kappa shape index (κ2) is 6.39. The minimum absolute atomic E-state index is 0.0939. The third-order valence-electron chi connectivity index (χ3n) is 4.60. The van der Waals surface area contributed by atoms with Gasteiger partial charge in [-0.05, 0) is 30.7 Å². The lowest BCUT2D eigenvalue weighted by molar-refractivity contribution is -0.131. The lowest BCUT2D eigenvalue weighted by Gasteiger charge is -2.42. The van der Waals surface area contributed by atoms with Gasteiger partial charge < -0.3 is 14.8 Å². The third kappa shape index (κ3) is 3.15. The predicted molar refractivity (Wildman–Crippen MR) is 90.8 cm³/mol. The number of carbonyl (C=O) groups is 2. The highest BCUT2D eigenvalue weighted by Gasteiger charge is 2.35. The monoisotopic (exact) mass is 335 g/mol. The second-order valence-electron chi connectivity index (χ2n) is 6.29. The zero-order chi connectivity index (χ0) is 16.6. The number of anilines is 1. The van der Waals surface area contributed by atoms with Gasteiger partial charge in [-0.1, -0.05) is 0 Å². The van der Waals surface area contributed by atoms with E-state index in [1.54, 1.807) is 17.6 Å². The van der Waals surface area contributed by atoms with Crippen molar-refractivity contribution in [1.29, 1.82) is 0 Å². The predicted octanol–water partition coefficient (Wildman–Crippen LogP) is 1.12. The average molecular weight is 335 g/mol. The summed E-state index contributed by atoms with van der Waals surface area (Å²) in [5.41, 5.74) is 1.18. The molecule has 0 saturated carbocycles. The number of nitrogens with zero attached hydrogens (tertiary/aromatic N) is 2. The van der Waals surface area contributed by atoms with Crippen LogP contribution in [0.3, 0.4) is 0 Å². The van der Waals surface area contributed by atoms with E-state index in [2.05, 4.69) is 5.32 Å². The molecule has 0 spiro atoms. The van der Waals surface area contributed by atoms with Crippen molar-refractivity contribution in [3.63, 3.8) is 0 Å². The Labute approximate surface area is 139 Å². The van der Waals surface area contributed by atoms with Gasteiger partial charge in [0.25, 0.3) is 5.56 Å². The van der Waals surface area contributed by atoms with Gasteiger partial charge in [-0.15, -0.1) is 0 Å². The Morgan fingerprint density at radius 3 is 2.78 bits per heavy atom. The molecule has 1 N–H and O–H groups in total. The van der Waals surface area contributed by atoms with E-state index < -0.39 is 0 Å². The van der Waals surface area contributed by atoms with Gasteiger partial charge in [0.15, 0.2) is 0 Å². The molecule has 3 rings (SSSR count). The molecule has 2 aliphatic rings. The van der Waals surface area contributed by atoms with Crippen molar-refractivity contribution in [2.45, 2.75) is 25.8 Å². The standard InChI is InChI=1S/C16H21N3O3S/c1-10(20)18-6-11-5-12(8-18)14-4-3-13(16(22)19(14)7-11)17-15(21)9-23-2/h3-4,11-12H,5-9H2,1-2H3,(H,17,21)/t11-,12+/m0/s1. The molecule has 2 atom stereocenters. The van der Waals surface area contributed by atoms with E-state index in [0.717, 1.165) is 12.1 Å². The van der Waals surface area contributed by atoms with Gasteiger partial charge in [0, 0.05) is 38.2 Å². The van der Waals surface area contributed by atoms with Crippen LogP contribution in [0.2, 0.25) is 0 Å². The molecule has 23 heavy (non-hydrogen) atoms. The van der Waals surface area contributed by atoms with E-state index in [0.29, 0.717) is 37.0 Å². The van der Waals surface area contributed by atoms with Crippen LogP contribution in [0, 0.1) is 5.92 Å². The van der Waals surface area contributed by atoms with Crippen molar-refractivity contribution in [2.24, 2.45) is 5.92 Å². The van der Waals surface area contributed by atoms with E-state index >= 15 is 0 Å². The van der Waals surface area contributed by atoms with Crippen molar-refractivity contribution >= 4 is 29.3 Å². The first-order valence-corrected chi connectivity index (χ1v) is 9.17. The van der Waals surface area contributed by atoms with E-state index in [1.165, 1.54) is 11.8 Å². The van der Waals surface area contributed by atoms with Gasteiger partial charge in [-0.3, -0.25) is 14.4 Å². The van der Waals surface area contributed by atoms with Crippen LogP contribution < -0.4 is 10.9 Å². The lowest BCUT2D eigenvalue weighted by atomic mass is 9.83. The maximum Gasteiger partial charge on any atom is 0.274 e. The normalized spacial score (nSPS) is 22.4. The fraction of sp³-hybridized carbons (Fsp3) is 0.562. The molecule has 2 bridgehead atoms. The molecule has 2 amide bonds. The first-order valence-electron chi connectivity index (χ1n) is 7.77. The number of aromatic nitrogens is 1. The zero-order valence-corrected chi connectivity index (χ0v) is 14.2. The second-order valence-corrected chi connectivity index (χ2v) is 7.16. The summed E-state index contributed by atoms with van der Waals surface area (Å²) in [7, 11) is 0. The highest BCUT2D eigenvalue weighted by molar-refractivity contribution is 7.99. The molecule has 124 valence electrons. The molecule has 3 heterocycles. The Balaban J connectivity index is 1.89. The first kappa shape index (κ1) is 16.1. The number of carbonyl (C=O) groups excluding carboxylic acids is 2. The molecule has 1 aromatic rings. The van der Waals surface area contributed by atoms with E-state index in [-0.39, 0.29) is 23.3 Å². The van der Waals surface area contributed by atoms with Gasteiger partial charge in [-0.2, -0.15) is 11.8 Å². The SMILES string of the molecule is CSCC(=O)Nc1ccc2n(c1=O)C[C@H]1C[C@@H]2CN(C(C)=O)C1. The van der Waals surface area contributed by atoms with Gasteiger partial charge in [0.05, 0.1) is 5.75 Å². The van der Waals surface area contributed by atoms with Gasteiger partial charge >= 0.3 is 0 Å². The molecular formula is C16H21N3O3S. The molecule has 0 unspecified atom stereocenters. The fourth-order valence-electron chi connectivity index (χ4n) is 3.62. The summed E-state index contributed by atoms with van der Waals surface area (Å²) in [6.45, 7) is 3.59. The minimum Gasteiger partial charge on any atom is -0.342 e. The number of hydrogen-bond donors (Lipinski definition) is 1. The highest BCUT2D eigenvalue weighted by Crippen LogP contribution is 2.35. The van der Waals surface area contributed by atoms with Gasteiger partial charge in [0.1, 0.15) is 5.69 Å². The number of amides is 2.